The average molecular weight is 179 g/mol. The molecule has 1 heterocycles. The number of nitriles is 1. The first-order valence-electron chi connectivity index (χ1n) is 3.70. The molecule has 5 heteroatoms. The van der Waals surface area contributed by atoms with Gasteiger partial charge >= 0.3 is 5.97 Å². The summed E-state index contributed by atoms with van der Waals surface area (Å²) in [6.45, 7) is 1.59. The number of aryl methyl sites for hydroxylation is 2. The molecule has 0 aliphatic rings. The van der Waals surface area contributed by atoms with E-state index in [-0.39, 0.29) is 12.3 Å². The molecule has 13 heavy (non-hydrogen) atoms. The second-order valence-corrected chi connectivity index (χ2v) is 2.53. The molecule has 68 valence electrons. The average Bonchev–Trinajstić information content (AvgIpc) is 2.43. The van der Waals surface area contributed by atoms with Crippen molar-refractivity contribution in [3.8, 4) is 6.07 Å². The highest BCUT2D eigenvalue weighted by Crippen LogP contribution is 2.02. The quantitative estimate of drug-likeness (QED) is 0.616. The van der Waals surface area contributed by atoms with Crippen LogP contribution in [-0.2, 0) is 11.8 Å². The summed E-state index contributed by atoms with van der Waals surface area (Å²) < 4.78 is 6.14. The minimum atomic E-state index is -0.565. The van der Waals surface area contributed by atoms with Gasteiger partial charge in [0.25, 0.3) is 0 Å². The number of hydrogen-bond donors (Lipinski definition) is 0. The van der Waals surface area contributed by atoms with Crippen molar-refractivity contribution in [2.24, 2.45) is 7.05 Å². The molecule has 0 radical (unpaired) electrons. The molecule has 0 bridgehead atoms. The third kappa shape index (κ3) is 2.06. The Morgan fingerprint density at radius 2 is 2.54 bits per heavy atom. The zero-order valence-electron chi connectivity index (χ0n) is 7.44. The molecule has 1 aromatic rings. The van der Waals surface area contributed by atoms with Crippen molar-refractivity contribution < 1.29 is 9.53 Å². The molecule has 0 aliphatic heterocycles. The number of aromatic nitrogens is 2. The fourth-order valence-corrected chi connectivity index (χ4v) is 0.832. The standard InChI is InChI=1S/C8H9N3O2/c1-6-5-7(10-11(6)2)8(12)13-4-3-9/h5H,4H2,1-2H3. The summed E-state index contributed by atoms with van der Waals surface area (Å²) in [5.74, 6) is -0.565. The Morgan fingerprint density at radius 1 is 1.85 bits per heavy atom. The van der Waals surface area contributed by atoms with E-state index in [0.29, 0.717) is 0 Å². The Hall–Kier alpha value is -1.83. The summed E-state index contributed by atoms with van der Waals surface area (Å²) in [7, 11) is 1.73. The van der Waals surface area contributed by atoms with Gasteiger partial charge in [-0.25, -0.2) is 4.79 Å². The molecule has 1 aromatic heterocycles. The lowest BCUT2D eigenvalue weighted by molar-refractivity contribution is 0.0547. The van der Waals surface area contributed by atoms with Crippen LogP contribution in [0.2, 0.25) is 0 Å². The van der Waals surface area contributed by atoms with E-state index in [9.17, 15) is 4.79 Å². The van der Waals surface area contributed by atoms with E-state index in [4.69, 9.17) is 5.26 Å². The van der Waals surface area contributed by atoms with E-state index in [0.717, 1.165) is 5.69 Å². The first-order valence-corrected chi connectivity index (χ1v) is 3.70. The largest absolute Gasteiger partial charge is 0.445 e. The van der Waals surface area contributed by atoms with Crippen LogP contribution in [0.15, 0.2) is 6.07 Å². The van der Waals surface area contributed by atoms with Crippen LogP contribution in [0, 0.1) is 18.3 Å². The summed E-state index contributed by atoms with van der Waals surface area (Å²) in [5, 5.41) is 12.1. The Labute approximate surface area is 75.5 Å². The van der Waals surface area contributed by atoms with E-state index in [1.54, 1.807) is 23.9 Å². The SMILES string of the molecule is Cc1cc(C(=O)OCC#N)nn1C. The smallest absolute Gasteiger partial charge is 0.359 e. The molecule has 5 nitrogen and oxygen atoms in total. The lowest BCUT2D eigenvalue weighted by Gasteiger charge is -1.94. The first-order chi connectivity index (χ1) is 6.15. The van der Waals surface area contributed by atoms with Gasteiger partial charge in [-0.1, -0.05) is 0 Å². The number of esters is 1. The highest BCUT2D eigenvalue weighted by atomic mass is 16.5. The van der Waals surface area contributed by atoms with Gasteiger partial charge < -0.3 is 4.74 Å². The molecular formula is C8H9N3O2. The second-order valence-electron chi connectivity index (χ2n) is 2.53. The van der Waals surface area contributed by atoms with E-state index in [1.807, 2.05) is 6.92 Å². The van der Waals surface area contributed by atoms with Crippen molar-refractivity contribution in [3.05, 3.63) is 17.5 Å². The Balaban J connectivity index is 2.73. The molecule has 0 spiro atoms. The highest BCUT2D eigenvalue weighted by Gasteiger charge is 2.11. The lowest BCUT2D eigenvalue weighted by Crippen LogP contribution is -2.06. The van der Waals surface area contributed by atoms with E-state index in [2.05, 4.69) is 9.84 Å². The van der Waals surface area contributed by atoms with Gasteiger partial charge in [-0.15, -0.1) is 0 Å². The Morgan fingerprint density at radius 3 is 3.00 bits per heavy atom. The minimum absolute atomic E-state index is 0.232. The van der Waals surface area contributed by atoms with E-state index < -0.39 is 5.97 Å². The van der Waals surface area contributed by atoms with Gasteiger partial charge in [0, 0.05) is 12.7 Å². The molecular weight excluding hydrogens is 170 g/mol. The maximum absolute atomic E-state index is 11.1. The molecule has 0 unspecified atom stereocenters. The molecule has 0 saturated heterocycles. The Bertz CT molecular complexity index is 342. The fourth-order valence-electron chi connectivity index (χ4n) is 0.832. The third-order valence-electron chi connectivity index (χ3n) is 1.59. The van der Waals surface area contributed by atoms with Gasteiger partial charge in [0.05, 0.1) is 0 Å². The highest BCUT2D eigenvalue weighted by molar-refractivity contribution is 5.87. The summed E-state index contributed by atoms with van der Waals surface area (Å²) in [5.41, 5.74) is 1.10. The van der Waals surface area contributed by atoms with Gasteiger partial charge in [-0.2, -0.15) is 10.4 Å². The topological polar surface area (TPSA) is 67.9 Å². The monoisotopic (exact) mass is 179 g/mol. The maximum Gasteiger partial charge on any atom is 0.359 e. The zero-order chi connectivity index (χ0) is 9.84. The Kier molecular flexibility index (Phi) is 2.65. The van der Waals surface area contributed by atoms with Crippen molar-refractivity contribution in [1.82, 2.24) is 9.78 Å². The van der Waals surface area contributed by atoms with Crippen molar-refractivity contribution >= 4 is 5.97 Å². The molecule has 0 aliphatic carbocycles. The van der Waals surface area contributed by atoms with Crippen LogP contribution < -0.4 is 0 Å². The van der Waals surface area contributed by atoms with Crippen LogP contribution in [0.3, 0.4) is 0 Å². The van der Waals surface area contributed by atoms with Gasteiger partial charge in [0.15, 0.2) is 12.3 Å². The predicted octanol–water partition coefficient (Wildman–Crippen LogP) is 0.409. The number of carbonyl (C=O) groups excluding carboxylic acids is 1. The summed E-state index contributed by atoms with van der Waals surface area (Å²) in [6.07, 6.45) is 0. The van der Waals surface area contributed by atoms with Gasteiger partial charge in [-0.3, -0.25) is 4.68 Å². The summed E-state index contributed by atoms with van der Waals surface area (Å²) in [6, 6.07) is 3.32. The van der Waals surface area contributed by atoms with Crippen LogP contribution in [0.4, 0.5) is 0 Å². The van der Waals surface area contributed by atoms with E-state index >= 15 is 0 Å². The second kappa shape index (κ2) is 3.72. The molecule has 1 rings (SSSR count). The number of nitrogens with zero attached hydrogens (tertiary/aromatic N) is 3. The van der Waals surface area contributed by atoms with Crippen LogP contribution in [0.1, 0.15) is 16.2 Å². The summed E-state index contributed by atoms with van der Waals surface area (Å²) >= 11 is 0. The van der Waals surface area contributed by atoms with Gasteiger partial charge in [0.2, 0.25) is 0 Å². The van der Waals surface area contributed by atoms with Crippen LogP contribution in [0.5, 0.6) is 0 Å². The van der Waals surface area contributed by atoms with Crippen molar-refractivity contribution in [3.63, 3.8) is 0 Å². The predicted molar refractivity (Wildman–Crippen MR) is 43.8 cm³/mol. The molecule has 0 aromatic carbocycles. The first kappa shape index (κ1) is 9.26. The molecule has 0 atom stereocenters. The normalized spacial score (nSPS) is 9.31. The van der Waals surface area contributed by atoms with Crippen LogP contribution >= 0.6 is 0 Å². The van der Waals surface area contributed by atoms with Crippen molar-refractivity contribution in [2.75, 3.05) is 6.61 Å². The zero-order valence-corrected chi connectivity index (χ0v) is 7.44. The molecule has 0 N–H and O–H groups in total. The summed E-state index contributed by atoms with van der Waals surface area (Å²) in [4.78, 5) is 11.1. The van der Waals surface area contributed by atoms with Gasteiger partial charge in [0.1, 0.15) is 6.07 Å². The third-order valence-corrected chi connectivity index (χ3v) is 1.59. The number of ether oxygens (including phenoxy) is 1. The van der Waals surface area contributed by atoms with Crippen LogP contribution in [-0.4, -0.2) is 22.4 Å². The lowest BCUT2D eigenvalue weighted by atomic mass is 10.4. The van der Waals surface area contributed by atoms with Crippen molar-refractivity contribution in [1.29, 1.82) is 5.26 Å². The minimum Gasteiger partial charge on any atom is -0.445 e. The number of hydrogen-bond acceptors (Lipinski definition) is 4. The van der Waals surface area contributed by atoms with E-state index in [1.165, 1.54) is 0 Å². The molecule has 0 saturated carbocycles. The van der Waals surface area contributed by atoms with Gasteiger partial charge in [-0.05, 0) is 13.0 Å². The van der Waals surface area contributed by atoms with Crippen molar-refractivity contribution in [2.45, 2.75) is 6.92 Å². The molecule has 0 fully saturated rings. The fraction of sp³-hybridized carbons (Fsp3) is 0.375. The number of rotatable bonds is 2. The maximum atomic E-state index is 11.1. The molecule has 0 amide bonds. The van der Waals surface area contributed by atoms with Crippen LogP contribution in [0.25, 0.3) is 0 Å². The number of carbonyl (C=O) groups is 1.